The fourth-order valence-corrected chi connectivity index (χ4v) is 6.45. The van der Waals surface area contributed by atoms with Gasteiger partial charge in [-0.25, -0.2) is 26.9 Å². The van der Waals surface area contributed by atoms with E-state index in [1.54, 1.807) is 16.9 Å². The van der Waals surface area contributed by atoms with E-state index in [2.05, 4.69) is 19.9 Å². The van der Waals surface area contributed by atoms with Gasteiger partial charge in [0.2, 0.25) is 10.0 Å². The maximum atomic E-state index is 13.7. The number of halogens is 2. The second kappa shape index (κ2) is 10.5. The molecule has 41 heavy (non-hydrogen) atoms. The monoisotopic (exact) mass is 587 g/mol. The average molecular weight is 588 g/mol. The van der Waals surface area contributed by atoms with Crippen LogP contribution in [0.25, 0.3) is 17.1 Å². The van der Waals surface area contributed by atoms with Crippen molar-refractivity contribution in [3.63, 3.8) is 0 Å². The van der Waals surface area contributed by atoms with Crippen LogP contribution in [0.5, 0.6) is 0 Å². The Morgan fingerprint density at radius 3 is 2.34 bits per heavy atom. The number of hydrogen-bond acceptors (Lipinski definition) is 8. The third kappa shape index (κ3) is 5.87. The summed E-state index contributed by atoms with van der Waals surface area (Å²) in [5.41, 5.74) is 3.60. The van der Waals surface area contributed by atoms with E-state index in [1.807, 2.05) is 35.2 Å². The van der Waals surface area contributed by atoms with Crippen LogP contribution in [0.15, 0.2) is 42.6 Å². The third-order valence-electron chi connectivity index (χ3n) is 8.70. The number of aliphatic hydroxyl groups excluding tert-OH is 1. The van der Waals surface area contributed by atoms with Crippen LogP contribution in [-0.2, 0) is 10.0 Å². The summed E-state index contributed by atoms with van der Waals surface area (Å²) in [6.07, 6.45) is 6.10. The maximum Gasteiger partial charge on any atom is 0.251 e. The van der Waals surface area contributed by atoms with Crippen LogP contribution >= 0.6 is 0 Å². The molecule has 3 aliphatic rings. The Hall–Kier alpha value is -3.32. The number of aromatic nitrogens is 4. The number of alkyl halides is 2. The zero-order chi connectivity index (χ0) is 28.8. The van der Waals surface area contributed by atoms with Crippen LogP contribution in [0, 0.1) is 5.41 Å². The number of pyridine rings is 1. The van der Waals surface area contributed by atoms with Gasteiger partial charge in [0.1, 0.15) is 16.8 Å². The van der Waals surface area contributed by atoms with Crippen molar-refractivity contribution in [3.05, 3.63) is 42.6 Å². The van der Waals surface area contributed by atoms with Gasteiger partial charge in [-0.15, -0.1) is 5.10 Å². The van der Waals surface area contributed by atoms with Gasteiger partial charge in [-0.1, -0.05) is 11.3 Å². The Morgan fingerprint density at radius 2 is 1.66 bits per heavy atom. The molecule has 6 rings (SSSR count). The standard InChI is InChI=1S/C28H35F2N7O3S/c1-20(19-38)41(39,40)33-21-5-6-24(25(17-21)35-13-9-27(7-8-27)10-14-35)37-18-23(32-34-37)22-3-2-4-26(31-22)36-15-11-28(29,30)12-16-36/h2-6,17-18,20,33,38H,7-16,19H2,1H3. The van der Waals surface area contributed by atoms with Crippen LogP contribution in [0.1, 0.15) is 45.4 Å². The maximum absolute atomic E-state index is 13.7. The number of rotatable bonds is 8. The molecule has 3 aromatic rings. The molecule has 2 aromatic heterocycles. The quantitative estimate of drug-likeness (QED) is 0.405. The number of benzene rings is 1. The molecule has 13 heteroatoms. The summed E-state index contributed by atoms with van der Waals surface area (Å²) < 4.78 is 56.9. The van der Waals surface area contributed by atoms with Crippen LogP contribution in [-0.4, -0.2) is 77.5 Å². The topological polar surface area (TPSA) is 116 Å². The molecular formula is C28H35F2N7O3S. The van der Waals surface area contributed by atoms with E-state index in [-0.39, 0.29) is 25.9 Å². The Balaban J connectivity index is 1.29. The molecule has 1 unspecified atom stereocenters. The highest BCUT2D eigenvalue weighted by atomic mass is 32.2. The van der Waals surface area contributed by atoms with Crippen molar-refractivity contribution < 1.29 is 22.3 Å². The Morgan fingerprint density at radius 1 is 0.951 bits per heavy atom. The molecular weight excluding hydrogens is 552 g/mol. The average Bonchev–Trinajstić information content (AvgIpc) is 3.52. The molecule has 1 saturated carbocycles. The predicted octanol–water partition coefficient (Wildman–Crippen LogP) is 4.07. The highest BCUT2D eigenvalue weighted by Gasteiger charge is 2.44. The number of piperidine rings is 2. The highest BCUT2D eigenvalue weighted by Crippen LogP contribution is 2.54. The van der Waals surface area contributed by atoms with E-state index >= 15 is 0 Å². The molecule has 2 N–H and O–H groups in total. The van der Waals surface area contributed by atoms with Crippen molar-refractivity contribution in [2.45, 2.75) is 56.6 Å². The number of anilines is 3. The summed E-state index contributed by atoms with van der Waals surface area (Å²) in [4.78, 5) is 8.82. The van der Waals surface area contributed by atoms with Crippen LogP contribution < -0.4 is 14.5 Å². The van der Waals surface area contributed by atoms with Crippen molar-refractivity contribution >= 4 is 27.2 Å². The summed E-state index contributed by atoms with van der Waals surface area (Å²) in [5.74, 6) is -2.00. The molecule has 10 nitrogen and oxygen atoms in total. The molecule has 1 aromatic carbocycles. The van der Waals surface area contributed by atoms with Crippen molar-refractivity contribution in [2.75, 3.05) is 47.3 Å². The van der Waals surface area contributed by atoms with Gasteiger partial charge in [-0.3, -0.25) is 4.72 Å². The van der Waals surface area contributed by atoms with Gasteiger partial charge in [0.15, 0.2) is 0 Å². The molecule has 2 aliphatic heterocycles. The fourth-order valence-electron chi connectivity index (χ4n) is 5.60. The molecule has 0 bridgehead atoms. The molecule has 1 spiro atoms. The molecule has 220 valence electrons. The van der Waals surface area contributed by atoms with Gasteiger partial charge in [0.05, 0.1) is 35.6 Å². The molecule has 1 aliphatic carbocycles. The molecule has 3 fully saturated rings. The Labute approximate surface area is 238 Å². The first kappa shape index (κ1) is 27.8. The normalized spacial score (nSPS) is 20.7. The van der Waals surface area contributed by atoms with Gasteiger partial charge >= 0.3 is 0 Å². The van der Waals surface area contributed by atoms with Crippen molar-refractivity contribution in [2.24, 2.45) is 5.41 Å². The molecule has 2 saturated heterocycles. The first-order valence-corrected chi connectivity index (χ1v) is 15.7. The predicted molar refractivity (Wildman–Crippen MR) is 153 cm³/mol. The van der Waals surface area contributed by atoms with Gasteiger partial charge in [0, 0.05) is 39.0 Å². The summed E-state index contributed by atoms with van der Waals surface area (Å²) >= 11 is 0. The fraction of sp³-hybridized carbons (Fsp3) is 0.536. The summed E-state index contributed by atoms with van der Waals surface area (Å²) in [5, 5.41) is 17.2. The number of nitrogens with one attached hydrogen (secondary N) is 1. The van der Waals surface area contributed by atoms with Gasteiger partial charge in [-0.2, -0.15) is 0 Å². The smallest absolute Gasteiger partial charge is 0.251 e. The molecule has 0 radical (unpaired) electrons. The van der Waals surface area contributed by atoms with Crippen LogP contribution in [0.4, 0.5) is 26.0 Å². The van der Waals surface area contributed by atoms with E-state index in [9.17, 15) is 22.3 Å². The third-order valence-corrected chi connectivity index (χ3v) is 10.4. The van der Waals surface area contributed by atoms with Crippen molar-refractivity contribution in [3.8, 4) is 17.1 Å². The van der Waals surface area contributed by atoms with Gasteiger partial charge in [0.25, 0.3) is 5.92 Å². The lowest BCUT2D eigenvalue weighted by Gasteiger charge is -2.35. The van der Waals surface area contributed by atoms with E-state index in [0.717, 1.165) is 37.3 Å². The molecule has 4 heterocycles. The second-order valence-corrected chi connectivity index (χ2v) is 13.7. The van der Waals surface area contributed by atoms with Gasteiger partial charge < -0.3 is 14.9 Å². The first-order chi connectivity index (χ1) is 19.6. The Kier molecular flexibility index (Phi) is 7.13. The number of sulfonamides is 1. The van der Waals surface area contributed by atoms with E-state index in [4.69, 9.17) is 4.98 Å². The van der Waals surface area contributed by atoms with Crippen LogP contribution in [0.3, 0.4) is 0 Å². The van der Waals surface area contributed by atoms with E-state index in [1.165, 1.54) is 19.8 Å². The molecule has 1 atom stereocenters. The largest absolute Gasteiger partial charge is 0.395 e. The van der Waals surface area contributed by atoms with E-state index < -0.39 is 27.8 Å². The lowest BCUT2D eigenvalue weighted by atomic mass is 9.93. The lowest BCUT2D eigenvalue weighted by molar-refractivity contribution is -0.0221. The first-order valence-electron chi connectivity index (χ1n) is 14.1. The SMILES string of the molecule is CC(CO)S(=O)(=O)Nc1ccc(-n2cc(-c3cccc(N4CCC(F)(F)CC4)n3)nn2)c(N2CCC3(CC2)CC3)c1. The van der Waals surface area contributed by atoms with Crippen molar-refractivity contribution in [1.29, 1.82) is 0 Å². The summed E-state index contributed by atoms with van der Waals surface area (Å²) in [6.45, 7) is 3.17. The number of hydrogen-bond donors (Lipinski definition) is 2. The van der Waals surface area contributed by atoms with Crippen molar-refractivity contribution in [1.82, 2.24) is 20.0 Å². The van der Waals surface area contributed by atoms with Gasteiger partial charge in [-0.05, 0) is 68.4 Å². The minimum absolute atomic E-state index is 0.194. The molecule has 0 amide bonds. The highest BCUT2D eigenvalue weighted by molar-refractivity contribution is 7.93. The van der Waals surface area contributed by atoms with E-state index in [0.29, 0.717) is 28.3 Å². The number of nitrogens with zero attached hydrogens (tertiary/aromatic N) is 6. The minimum Gasteiger partial charge on any atom is -0.395 e. The van der Waals surface area contributed by atoms with Crippen LogP contribution in [0.2, 0.25) is 0 Å². The summed E-state index contributed by atoms with van der Waals surface area (Å²) in [7, 11) is -3.76. The Bertz CT molecular complexity index is 1510. The minimum atomic E-state index is -3.76. The lowest BCUT2D eigenvalue weighted by Crippen LogP contribution is -2.39. The summed E-state index contributed by atoms with van der Waals surface area (Å²) in [6, 6.07) is 10.8. The number of aliphatic hydroxyl groups is 1. The zero-order valence-electron chi connectivity index (χ0n) is 23.0. The zero-order valence-corrected chi connectivity index (χ0v) is 23.8. The second-order valence-electron chi connectivity index (χ2n) is 11.6.